The Balaban J connectivity index is 2.10. The van der Waals surface area contributed by atoms with Crippen LogP contribution >= 0.6 is 23.1 Å². The van der Waals surface area contributed by atoms with Crippen LogP contribution in [0.15, 0.2) is 40.5 Å². The predicted molar refractivity (Wildman–Crippen MR) is 74.9 cm³/mol. The molecule has 0 saturated heterocycles. The topological polar surface area (TPSA) is 64.7 Å². The highest BCUT2D eigenvalue weighted by Gasteiger charge is 2.10. The first kappa shape index (κ1) is 11.4. The first-order valence-electron chi connectivity index (χ1n) is 5.34. The fraction of sp³-hybridized carbons (Fsp3) is 0.0833. The average molecular weight is 274 g/mol. The lowest BCUT2D eigenvalue weighted by molar-refractivity contribution is 1.12. The standard InChI is InChI=1S/C12H10N4S2/c1-7-6-9-10(17-7)15-12(13)16-11(9)18-8-2-4-14-5-3-8/h2-6H,1H3,(H2,13,15,16). The molecule has 0 spiro atoms. The van der Waals surface area contributed by atoms with E-state index in [2.05, 4.69) is 27.9 Å². The maximum Gasteiger partial charge on any atom is 0.222 e. The second kappa shape index (κ2) is 4.55. The minimum Gasteiger partial charge on any atom is -0.368 e. The Bertz CT molecular complexity index is 694. The number of anilines is 1. The molecule has 0 radical (unpaired) electrons. The third-order valence-electron chi connectivity index (χ3n) is 2.36. The van der Waals surface area contributed by atoms with Crippen molar-refractivity contribution in [3.63, 3.8) is 0 Å². The molecule has 3 heterocycles. The molecule has 0 aromatic carbocycles. The van der Waals surface area contributed by atoms with Crippen LogP contribution in [-0.4, -0.2) is 15.0 Å². The molecule has 0 amide bonds. The molecule has 0 atom stereocenters. The zero-order chi connectivity index (χ0) is 12.5. The van der Waals surface area contributed by atoms with Gasteiger partial charge in [0.05, 0.1) is 0 Å². The van der Waals surface area contributed by atoms with Crippen molar-refractivity contribution in [1.29, 1.82) is 0 Å². The highest BCUT2D eigenvalue weighted by atomic mass is 32.2. The number of nitrogens with zero attached hydrogens (tertiary/aromatic N) is 3. The van der Waals surface area contributed by atoms with Crippen LogP contribution < -0.4 is 5.73 Å². The molecule has 3 aromatic rings. The van der Waals surface area contributed by atoms with E-state index in [1.165, 1.54) is 4.88 Å². The van der Waals surface area contributed by atoms with Crippen LogP contribution in [0.25, 0.3) is 10.2 Å². The molecule has 0 aliphatic carbocycles. The van der Waals surface area contributed by atoms with Crippen molar-refractivity contribution < 1.29 is 0 Å². The van der Waals surface area contributed by atoms with Crippen molar-refractivity contribution in [3.05, 3.63) is 35.5 Å². The lowest BCUT2D eigenvalue weighted by Crippen LogP contribution is -1.95. The molecule has 6 heteroatoms. The number of fused-ring (bicyclic) bond motifs is 1. The van der Waals surface area contributed by atoms with Gasteiger partial charge in [-0.25, -0.2) is 9.97 Å². The van der Waals surface area contributed by atoms with Crippen LogP contribution in [0.5, 0.6) is 0 Å². The normalized spacial score (nSPS) is 10.9. The second-order valence-electron chi connectivity index (χ2n) is 3.75. The minimum absolute atomic E-state index is 0.320. The van der Waals surface area contributed by atoms with E-state index in [0.29, 0.717) is 5.95 Å². The molecule has 0 fully saturated rings. The van der Waals surface area contributed by atoms with Crippen molar-refractivity contribution >= 4 is 39.3 Å². The number of pyridine rings is 1. The Kier molecular flexibility index (Phi) is 2.89. The number of rotatable bonds is 2. The lowest BCUT2D eigenvalue weighted by Gasteiger charge is -2.02. The van der Waals surface area contributed by atoms with Gasteiger partial charge < -0.3 is 5.73 Å². The molecule has 0 bridgehead atoms. The number of nitrogen functional groups attached to an aromatic ring is 1. The first-order valence-corrected chi connectivity index (χ1v) is 6.97. The summed E-state index contributed by atoms with van der Waals surface area (Å²) in [7, 11) is 0. The van der Waals surface area contributed by atoms with E-state index in [1.54, 1.807) is 35.5 Å². The molecule has 90 valence electrons. The molecule has 2 N–H and O–H groups in total. The van der Waals surface area contributed by atoms with E-state index in [0.717, 1.165) is 20.1 Å². The third kappa shape index (κ3) is 2.16. The van der Waals surface area contributed by atoms with Gasteiger partial charge in [-0.3, -0.25) is 4.98 Å². The number of hydrogen-bond acceptors (Lipinski definition) is 6. The van der Waals surface area contributed by atoms with Gasteiger partial charge >= 0.3 is 0 Å². The van der Waals surface area contributed by atoms with Crippen molar-refractivity contribution in [2.45, 2.75) is 16.8 Å². The van der Waals surface area contributed by atoms with Gasteiger partial charge in [-0.1, -0.05) is 11.8 Å². The van der Waals surface area contributed by atoms with Crippen LogP contribution in [0, 0.1) is 6.92 Å². The Labute approximate surface area is 112 Å². The fourth-order valence-corrected chi connectivity index (χ4v) is 3.46. The number of aromatic nitrogens is 3. The molecule has 0 aliphatic heterocycles. The first-order chi connectivity index (χ1) is 8.72. The highest BCUT2D eigenvalue weighted by molar-refractivity contribution is 7.99. The molecule has 3 rings (SSSR count). The maximum absolute atomic E-state index is 5.75. The quantitative estimate of drug-likeness (QED) is 0.727. The van der Waals surface area contributed by atoms with E-state index in [9.17, 15) is 0 Å². The molecule has 3 aromatic heterocycles. The monoisotopic (exact) mass is 274 g/mol. The van der Waals surface area contributed by atoms with Gasteiger partial charge in [-0.05, 0) is 25.1 Å². The summed E-state index contributed by atoms with van der Waals surface area (Å²) in [5, 5.41) is 1.96. The smallest absolute Gasteiger partial charge is 0.222 e. The van der Waals surface area contributed by atoms with Gasteiger partial charge in [-0.15, -0.1) is 11.3 Å². The molecule has 0 saturated carbocycles. The van der Waals surface area contributed by atoms with Gasteiger partial charge in [0.2, 0.25) is 5.95 Å². The summed E-state index contributed by atoms with van der Waals surface area (Å²) in [4.78, 5) is 15.8. The van der Waals surface area contributed by atoms with E-state index < -0.39 is 0 Å². The van der Waals surface area contributed by atoms with Crippen molar-refractivity contribution in [2.75, 3.05) is 5.73 Å². The van der Waals surface area contributed by atoms with Crippen molar-refractivity contribution in [1.82, 2.24) is 15.0 Å². The van der Waals surface area contributed by atoms with Gasteiger partial charge in [0.15, 0.2) is 0 Å². The number of hydrogen-bond donors (Lipinski definition) is 1. The number of nitrogens with two attached hydrogens (primary N) is 1. The maximum atomic E-state index is 5.75. The summed E-state index contributed by atoms with van der Waals surface area (Å²) in [6.45, 7) is 2.06. The van der Waals surface area contributed by atoms with Crippen LogP contribution in [-0.2, 0) is 0 Å². The number of aryl methyl sites for hydroxylation is 1. The zero-order valence-corrected chi connectivity index (χ0v) is 11.3. The van der Waals surface area contributed by atoms with Gasteiger partial charge in [0.25, 0.3) is 0 Å². The fourth-order valence-electron chi connectivity index (χ4n) is 1.63. The summed E-state index contributed by atoms with van der Waals surface area (Å²) in [6.07, 6.45) is 3.53. The van der Waals surface area contributed by atoms with Crippen LogP contribution in [0.1, 0.15) is 4.88 Å². The largest absolute Gasteiger partial charge is 0.368 e. The van der Waals surface area contributed by atoms with Crippen molar-refractivity contribution in [2.24, 2.45) is 0 Å². The predicted octanol–water partition coefficient (Wildman–Crippen LogP) is 3.13. The minimum atomic E-state index is 0.320. The van der Waals surface area contributed by atoms with Crippen LogP contribution in [0.4, 0.5) is 5.95 Å². The van der Waals surface area contributed by atoms with E-state index in [1.807, 2.05) is 12.1 Å². The van der Waals surface area contributed by atoms with Gasteiger partial charge in [0.1, 0.15) is 9.86 Å². The summed E-state index contributed by atoms with van der Waals surface area (Å²) in [5.74, 6) is 0.320. The van der Waals surface area contributed by atoms with E-state index in [4.69, 9.17) is 5.73 Å². The third-order valence-corrected chi connectivity index (χ3v) is 4.32. The summed E-state index contributed by atoms with van der Waals surface area (Å²) < 4.78 is 0. The van der Waals surface area contributed by atoms with E-state index >= 15 is 0 Å². The SMILES string of the molecule is Cc1cc2c(Sc3ccncc3)nc(N)nc2s1. The Morgan fingerprint density at radius 3 is 2.78 bits per heavy atom. The molecular formula is C12H10N4S2. The van der Waals surface area contributed by atoms with Gasteiger partial charge in [0, 0.05) is 27.6 Å². The van der Waals surface area contributed by atoms with Gasteiger partial charge in [-0.2, -0.15) is 0 Å². The summed E-state index contributed by atoms with van der Waals surface area (Å²) in [6, 6.07) is 6.00. The summed E-state index contributed by atoms with van der Waals surface area (Å²) >= 11 is 3.21. The van der Waals surface area contributed by atoms with Crippen LogP contribution in [0.3, 0.4) is 0 Å². The zero-order valence-electron chi connectivity index (χ0n) is 9.62. The molecule has 18 heavy (non-hydrogen) atoms. The number of thiophene rings is 1. The molecule has 0 unspecified atom stereocenters. The second-order valence-corrected chi connectivity index (χ2v) is 6.04. The molecule has 0 aliphatic rings. The Morgan fingerprint density at radius 1 is 1.22 bits per heavy atom. The lowest BCUT2D eigenvalue weighted by atomic mass is 10.4. The molecular weight excluding hydrogens is 264 g/mol. The average Bonchev–Trinajstić information content (AvgIpc) is 2.71. The molecule has 4 nitrogen and oxygen atoms in total. The van der Waals surface area contributed by atoms with Crippen molar-refractivity contribution in [3.8, 4) is 0 Å². The Hall–Kier alpha value is -1.66. The summed E-state index contributed by atoms with van der Waals surface area (Å²) in [5.41, 5.74) is 5.75. The van der Waals surface area contributed by atoms with E-state index in [-0.39, 0.29) is 0 Å². The Morgan fingerprint density at radius 2 is 2.00 bits per heavy atom. The van der Waals surface area contributed by atoms with Crippen LogP contribution in [0.2, 0.25) is 0 Å². The highest BCUT2D eigenvalue weighted by Crippen LogP contribution is 2.35.